The van der Waals surface area contributed by atoms with Crippen LogP contribution in [0.2, 0.25) is 0 Å². The molecule has 34 heavy (non-hydrogen) atoms. The van der Waals surface area contributed by atoms with E-state index in [4.69, 9.17) is 0 Å². The summed E-state index contributed by atoms with van der Waals surface area (Å²) in [5, 5.41) is 4.31. The quantitative estimate of drug-likeness (QED) is 0.456. The minimum atomic E-state index is -0.925. The van der Waals surface area contributed by atoms with Crippen molar-refractivity contribution in [1.82, 2.24) is 15.2 Å². The van der Waals surface area contributed by atoms with Gasteiger partial charge in [-0.1, -0.05) is 60.7 Å². The summed E-state index contributed by atoms with van der Waals surface area (Å²) in [7, 11) is 0. The summed E-state index contributed by atoms with van der Waals surface area (Å²) in [6.07, 6.45) is 1.67. The van der Waals surface area contributed by atoms with Crippen molar-refractivity contribution in [3.05, 3.63) is 107 Å². The fourth-order valence-electron chi connectivity index (χ4n) is 5.26. The van der Waals surface area contributed by atoms with Gasteiger partial charge in [0.25, 0.3) is 11.8 Å². The standard InChI is InChI=1S/C28H23N3O3/c32-26(29-18-15-22-19-10-6-7-13-23(19)30-24(22)16-18)25(14-17-8-2-1-3-9-17)31-27(33)20-11-4-5-12-21(20)28(31)34/h1-13,18,25,30H,14-16H2,(H,29,32). The van der Waals surface area contributed by atoms with Gasteiger partial charge in [-0.3, -0.25) is 19.3 Å². The number of nitrogens with one attached hydrogen (secondary N) is 2. The van der Waals surface area contributed by atoms with Gasteiger partial charge >= 0.3 is 0 Å². The number of aromatic amines is 1. The summed E-state index contributed by atoms with van der Waals surface area (Å²) in [5.74, 6) is -1.14. The number of benzene rings is 3. The summed E-state index contributed by atoms with van der Waals surface area (Å²) in [4.78, 5) is 44.6. The van der Waals surface area contributed by atoms with E-state index in [-0.39, 0.29) is 18.4 Å². The Labute approximate surface area is 196 Å². The molecule has 3 aromatic carbocycles. The number of carbonyl (C=O) groups is 3. The van der Waals surface area contributed by atoms with Crippen LogP contribution in [0.15, 0.2) is 78.9 Å². The number of fused-ring (bicyclic) bond motifs is 4. The molecule has 0 fully saturated rings. The summed E-state index contributed by atoms with van der Waals surface area (Å²) < 4.78 is 0. The van der Waals surface area contributed by atoms with Gasteiger partial charge in [0.1, 0.15) is 6.04 Å². The Balaban J connectivity index is 1.27. The third kappa shape index (κ3) is 3.30. The second kappa shape index (κ2) is 7.99. The maximum absolute atomic E-state index is 13.6. The molecule has 0 saturated carbocycles. The van der Waals surface area contributed by atoms with Crippen molar-refractivity contribution in [2.24, 2.45) is 0 Å². The summed E-state index contributed by atoms with van der Waals surface area (Å²) >= 11 is 0. The first-order valence-corrected chi connectivity index (χ1v) is 11.5. The van der Waals surface area contributed by atoms with Gasteiger partial charge in [-0.05, 0) is 35.7 Å². The number of nitrogens with zero attached hydrogens (tertiary/aromatic N) is 1. The zero-order valence-corrected chi connectivity index (χ0v) is 18.5. The van der Waals surface area contributed by atoms with Crippen LogP contribution in [0.4, 0.5) is 0 Å². The van der Waals surface area contributed by atoms with Gasteiger partial charge in [0.05, 0.1) is 11.1 Å². The number of H-pyrrole nitrogens is 1. The zero-order valence-electron chi connectivity index (χ0n) is 18.5. The van der Waals surface area contributed by atoms with Gasteiger partial charge in [0.2, 0.25) is 5.91 Å². The van der Waals surface area contributed by atoms with Crippen LogP contribution in [0.5, 0.6) is 0 Å². The molecule has 0 saturated heterocycles. The lowest BCUT2D eigenvalue weighted by atomic mass is 10.0. The molecular formula is C28H23N3O3. The fourth-order valence-corrected chi connectivity index (χ4v) is 5.26. The molecule has 1 aromatic heterocycles. The zero-order chi connectivity index (χ0) is 23.2. The molecule has 6 nitrogen and oxygen atoms in total. The summed E-state index contributed by atoms with van der Waals surface area (Å²) in [5.41, 5.74) is 5.04. The first-order chi connectivity index (χ1) is 16.6. The molecule has 4 aromatic rings. The van der Waals surface area contributed by atoms with Crippen molar-refractivity contribution >= 4 is 28.6 Å². The van der Waals surface area contributed by atoms with Crippen LogP contribution in [0.1, 0.15) is 37.5 Å². The second-order valence-corrected chi connectivity index (χ2v) is 8.97. The molecule has 6 rings (SSSR count). The first kappa shape index (κ1) is 20.4. The van der Waals surface area contributed by atoms with E-state index in [1.807, 2.05) is 42.5 Å². The molecule has 2 heterocycles. The van der Waals surface area contributed by atoms with Gasteiger partial charge in [-0.15, -0.1) is 0 Å². The lowest BCUT2D eigenvalue weighted by Gasteiger charge is -2.27. The van der Waals surface area contributed by atoms with Crippen LogP contribution in [0, 0.1) is 0 Å². The lowest BCUT2D eigenvalue weighted by Crippen LogP contribution is -2.53. The van der Waals surface area contributed by atoms with Crippen LogP contribution in [0.25, 0.3) is 10.9 Å². The Bertz CT molecular complexity index is 1400. The van der Waals surface area contributed by atoms with Crippen LogP contribution in [0.3, 0.4) is 0 Å². The Hall–Kier alpha value is -4.19. The highest BCUT2D eigenvalue weighted by Gasteiger charge is 2.43. The van der Waals surface area contributed by atoms with E-state index in [0.717, 1.165) is 21.7 Å². The number of para-hydroxylation sites is 1. The molecule has 0 radical (unpaired) electrons. The van der Waals surface area contributed by atoms with Gasteiger partial charge in [0, 0.05) is 35.5 Å². The van der Waals surface area contributed by atoms with Crippen LogP contribution >= 0.6 is 0 Å². The van der Waals surface area contributed by atoms with E-state index in [1.54, 1.807) is 24.3 Å². The smallest absolute Gasteiger partial charge is 0.262 e. The molecule has 1 aliphatic carbocycles. The Kier molecular flexibility index (Phi) is 4.80. The third-order valence-corrected chi connectivity index (χ3v) is 6.86. The Morgan fingerprint density at radius 2 is 1.53 bits per heavy atom. The molecule has 2 unspecified atom stereocenters. The van der Waals surface area contributed by atoms with Crippen LogP contribution in [-0.2, 0) is 24.1 Å². The molecular weight excluding hydrogens is 426 g/mol. The minimum absolute atomic E-state index is 0.0909. The normalized spacial score (nSPS) is 17.6. The number of aromatic nitrogens is 1. The maximum Gasteiger partial charge on any atom is 0.262 e. The van der Waals surface area contributed by atoms with Gasteiger partial charge in [0.15, 0.2) is 0 Å². The van der Waals surface area contributed by atoms with Gasteiger partial charge in [-0.25, -0.2) is 0 Å². The highest BCUT2D eigenvalue weighted by molar-refractivity contribution is 6.22. The SMILES string of the molecule is O=C(NC1Cc2[nH]c3ccccc3c2C1)C(Cc1ccccc1)N1C(=O)c2ccccc2C1=O. The largest absolute Gasteiger partial charge is 0.358 e. The van der Waals surface area contributed by atoms with Crippen LogP contribution in [-0.4, -0.2) is 39.7 Å². The third-order valence-electron chi connectivity index (χ3n) is 6.86. The van der Waals surface area contributed by atoms with E-state index in [1.165, 1.54) is 10.9 Å². The maximum atomic E-state index is 13.6. The van der Waals surface area contributed by atoms with Crippen molar-refractivity contribution < 1.29 is 14.4 Å². The average Bonchev–Trinajstić information content (AvgIpc) is 3.48. The molecule has 2 N–H and O–H groups in total. The second-order valence-electron chi connectivity index (χ2n) is 8.97. The molecule has 168 valence electrons. The molecule has 6 heteroatoms. The van der Waals surface area contributed by atoms with E-state index in [0.29, 0.717) is 24.0 Å². The van der Waals surface area contributed by atoms with Crippen molar-refractivity contribution in [3.8, 4) is 0 Å². The number of imide groups is 1. The fraction of sp³-hybridized carbons (Fsp3) is 0.179. The predicted octanol–water partition coefficient (Wildman–Crippen LogP) is 3.66. The van der Waals surface area contributed by atoms with E-state index in [2.05, 4.69) is 22.4 Å². The molecule has 0 spiro atoms. The van der Waals surface area contributed by atoms with Crippen molar-refractivity contribution in [2.75, 3.05) is 0 Å². The Morgan fingerprint density at radius 3 is 2.26 bits per heavy atom. The number of hydrogen-bond acceptors (Lipinski definition) is 3. The summed E-state index contributed by atoms with van der Waals surface area (Å²) in [6, 6.07) is 23.4. The van der Waals surface area contributed by atoms with E-state index in [9.17, 15) is 14.4 Å². The number of hydrogen-bond donors (Lipinski definition) is 2. The molecule has 3 amide bonds. The highest BCUT2D eigenvalue weighted by atomic mass is 16.2. The molecule has 2 atom stereocenters. The first-order valence-electron chi connectivity index (χ1n) is 11.5. The number of amides is 3. The van der Waals surface area contributed by atoms with Gasteiger partial charge < -0.3 is 10.3 Å². The number of rotatable bonds is 5. The van der Waals surface area contributed by atoms with E-state index >= 15 is 0 Å². The lowest BCUT2D eigenvalue weighted by molar-refractivity contribution is -0.125. The minimum Gasteiger partial charge on any atom is -0.358 e. The highest BCUT2D eigenvalue weighted by Crippen LogP contribution is 2.31. The monoisotopic (exact) mass is 449 g/mol. The van der Waals surface area contributed by atoms with E-state index < -0.39 is 17.9 Å². The average molecular weight is 450 g/mol. The van der Waals surface area contributed by atoms with Crippen molar-refractivity contribution in [3.63, 3.8) is 0 Å². The predicted molar refractivity (Wildman–Crippen MR) is 129 cm³/mol. The topological polar surface area (TPSA) is 82.3 Å². The number of carbonyl (C=O) groups excluding carboxylic acids is 3. The molecule has 1 aliphatic heterocycles. The van der Waals surface area contributed by atoms with Crippen molar-refractivity contribution in [2.45, 2.75) is 31.3 Å². The molecule has 0 bridgehead atoms. The summed E-state index contributed by atoms with van der Waals surface area (Å²) in [6.45, 7) is 0. The van der Waals surface area contributed by atoms with Crippen molar-refractivity contribution in [1.29, 1.82) is 0 Å². The van der Waals surface area contributed by atoms with Crippen LogP contribution < -0.4 is 5.32 Å². The Morgan fingerprint density at radius 1 is 0.882 bits per heavy atom. The molecule has 2 aliphatic rings. The van der Waals surface area contributed by atoms with Gasteiger partial charge in [-0.2, -0.15) is 0 Å².